The Kier molecular flexibility index (Phi) is 9.03. The van der Waals surface area contributed by atoms with Crippen LogP contribution in [0.25, 0.3) is 10.2 Å². The molecule has 0 atom stereocenters. The van der Waals surface area contributed by atoms with Crippen molar-refractivity contribution < 1.29 is 14.3 Å². The predicted octanol–water partition coefficient (Wildman–Crippen LogP) is 5.78. The number of hydrogen-bond donors (Lipinski definition) is 0. The van der Waals surface area contributed by atoms with Crippen molar-refractivity contribution in [1.82, 2.24) is 9.88 Å². The number of ether oxygens (including phenoxy) is 2. The van der Waals surface area contributed by atoms with Gasteiger partial charge in [-0.25, -0.2) is 4.98 Å². The largest absolute Gasteiger partial charge is 0.494 e. The minimum absolute atomic E-state index is 0. The molecule has 11 heteroatoms. The van der Waals surface area contributed by atoms with Crippen LogP contribution in [0.1, 0.15) is 10.4 Å². The van der Waals surface area contributed by atoms with Gasteiger partial charge in [0.2, 0.25) is 0 Å². The maximum atomic E-state index is 13.6. The fourth-order valence-corrected chi connectivity index (χ4v) is 5.22. The first-order chi connectivity index (χ1) is 15.0. The van der Waals surface area contributed by atoms with Crippen LogP contribution in [-0.2, 0) is 4.74 Å². The molecule has 2 aromatic carbocycles. The minimum Gasteiger partial charge on any atom is -0.494 e. The number of morpholine rings is 1. The second-order valence-electron chi connectivity index (χ2n) is 6.96. The Morgan fingerprint density at radius 3 is 2.69 bits per heavy atom. The number of carbonyl (C=O) groups is 1. The van der Waals surface area contributed by atoms with Crippen LogP contribution in [0.2, 0.25) is 10.0 Å². The van der Waals surface area contributed by atoms with Gasteiger partial charge in [-0.15, -0.1) is 12.4 Å². The lowest BCUT2D eigenvalue weighted by Gasteiger charge is -2.29. The predicted molar refractivity (Wildman–Crippen MR) is 137 cm³/mol. The van der Waals surface area contributed by atoms with Crippen molar-refractivity contribution in [3.8, 4) is 5.75 Å². The van der Waals surface area contributed by atoms with Crippen molar-refractivity contribution in [2.75, 3.05) is 51.4 Å². The van der Waals surface area contributed by atoms with Crippen LogP contribution >= 0.6 is 62.9 Å². The van der Waals surface area contributed by atoms with Gasteiger partial charge in [-0.2, -0.15) is 0 Å². The number of nitrogens with zero attached hydrogens (tertiary/aromatic N) is 3. The normalized spacial score (nSPS) is 14.2. The second kappa shape index (κ2) is 11.3. The number of hydrogen-bond acceptors (Lipinski definition) is 6. The number of fused-ring (bicyclic) bond motifs is 1. The zero-order chi connectivity index (χ0) is 22.0. The van der Waals surface area contributed by atoms with Gasteiger partial charge in [0.25, 0.3) is 5.91 Å². The van der Waals surface area contributed by atoms with E-state index in [-0.39, 0.29) is 18.3 Å². The van der Waals surface area contributed by atoms with E-state index in [9.17, 15) is 4.79 Å². The van der Waals surface area contributed by atoms with E-state index in [1.165, 1.54) is 11.3 Å². The molecule has 0 N–H and O–H groups in total. The van der Waals surface area contributed by atoms with Crippen LogP contribution in [-0.4, -0.2) is 62.3 Å². The summed E-state index contributed by atoms with van der Waals surface area (Å²) in [6, 6.07) is 8.79. The molecule has 1 fully saturated rings. The number of carbonyl (C=O) groups excluding carboxylic acids is 1. The number of methoxy groups -OCH3 is 1. The van der Waals surface area contributed by atoms with E-state index in [1.807, 2.05) is 0 Å². The molecule has 2 heterocycles. The molecule has 3 aromatic rings. The van der Waals surface area contributed by atoms with Crippen LogP contribution in [0.5, 0.6) is 5.75 Å². The van der Waals surface area contributed by atoms with Gasteiger partial charge in [0, 0.05) is 30.7 Å². The standard InChI is InChI=1S/C21H20BrCl2N3O3S.ClH/c1-29-17-5-4-16(24)19-18(17)25-21(31-19)27(7-6-26-8-10-30-11-9-26)20(28)14-12-13(22)2-3-15(14)23;/h2-5,12H,6-11H2,1H3;1H. The Morgan fingerprint density at radius 1 is 1.25 bits per heavy atom. The fourth-order valence-electron chi connectivity index (χ4n) is 3.38. The number of anilines is 1. The molecule has 6 nitrogen and oxygen atoms in total. The van der Waals surface area contributed by atoms with Gasteiger partial charge in [0.05, 0.1) is 40.6 Å². The van der Waals surface area contributed by atoms with Crippen LogP contribution < -0.4 is 9.64 Å². The highest BCUT2D eigenvalue weighted by Crippen LogP contribution is 2.39. The van der Waals surface area contributed by atoms with E-state index in [2.05, 4.69) is 20.8 Å². The van der Waals surface area contributed by atoms with Gasteiger partial charge in [-0.1, -0.05) is 50.5 Å². The molecular weight excluding hydrogens is 561 g/mol. The minimum atomic E-state index is -0.214. The monoisotopic (exact) mass is 579 g/mol. The number of rotatable bonds is 6. The SMILES string of the molecule is COc1ccc(Cl)c2sc(N(CCN3CCOCC3)C(=O)c3cc(Br)ccc3Cl)nc12.Cl. The Hall–Kier alpha value is -1.13. The van der Waals surface area contributed by atoms with Gasteiger partial charge in [-0.3, -0.25) is 14.6 Å². The first kappa shape index (κ1) is 25.5. The molecule has 1 aliphatic heterocycles. The lowest BCUT2D eigenvalue weighted by Crippen LogP contribution is -2.43. The Labute approximate surface area is 214 Å². The van der Waals surface area contributed by atoms with E-state index < -0.39 is 0 Å². The molecule has 32 heavy (non-hydrogen) atoms. The zero-order valence-corrected chi connectivity index (χ0v) is 21.9. The van der Waals surface area contributed by atoms with E-state index in [1.54, 1.807) is 42.3 Å². The molecule has 0 radical (unpaired) electrons. The first-order valence-corrected chi connectivity index (χ1v) is 12.0. The summed E-state index contributed by atoms with van der Waals surface area (Å²) in [5.41, 5.74) is 1.05. The summed E-state index contributed by atoms with van der Waals surface area (Å²) in [4.78, 5) is 22.3. The quantitative estimate of drug-likeness (QED) is 0.370. The highest BCUT2D eigenvalue weighted by Gasteiger charge is 2.26. The molecule has 0 unspecified atom stereocenters. The highest BCUT2D eigenvalue weighted by molar-refractivity contribution is 9.10. The summed E-state index contributed by atoms with van der Waals surface area (Å²) >= 11 is 17.6. The number of amides is 1. The molecule has 1 saturated heterocycles. The van der Waals surface area contributed by atoms with Gasteiger partial charge >= 0.3 is 0 Å². The van der Waals surface area contributed by atoms with Gasteiger partial charge in [0.1, 0.15) is 11.3 Å². The highest BCUT2D eigenvalue weighted by atomic mass is 79.9. The van der Waals surface area contributed by atoms with E-state index >= 15 is 0 Å². The summed E-state index contributed by atoms with van der Waals surface area (Å²) in [7, 11) is 1.59. The smallest absolute Gasteiger partial charge is 0.261 e. The number of aromatic nitrogens is 1. The average Bonchev–Trinajstić information content (AvgIpc) is 3.22. The van der Waals surface area contributed by atoms with E-state index in [0.717, 1.165) is 22.3 Å². The third-order valence-electron chi connectivity index (χ3n) is 5.05. The summed E-state index contributed by atoms with van der Waals surface area (Å²) in [6.45, 7) is 4.21. The van der Waals surface area contributed by atoms with Crippen molar-refractivity contribution in [2.45, 2.75) is 0 Å². The molecule has 0 aliphatic carbocycles. The van der Waals surface area contributed by atoms with Crippen molar-refractivity contribution in [1.29, 1.82) is 0 Å². The van der Waals surface area contributed by atoms with Crippen LogP contribution in [0.3, 0.4) is 0 Å². The number of benzene rings is 2. The molecule has 1 aliphatic rings. The summed E-state index contributed by atoms with van der Waals surface area (Å²) in [5, 5.41) is 1.51. The topological polar surface area (TPSA) is 54.9 Å². The Balaban J connectivity index is 0.00000289. The average molecular weight is 582 g/mol. The summed E-state index contributed by atoms with van der Waals surface area (Å²) < 4.78 is 12.4. The van der Waals surface area contributed by atoms with Crippen LogP contribution in [0.4, 0.5) is 5.13 Å². The van der Waals surface area contributed by atoms with Gasteiger partial charge in [0.15, 0.2) is 5.13 Å². The van der Waals surface area contributed by atoms with Crippen molar-refractivity contribution in [3.05, 3.63) is 50.4 Å². The Morgan fingerprint density at radius 2 is 1.97 bits per heavy atom. The second-order valence-corrected chi connectivity index (χ2v) is 9.67. The van der Waals surface area contributed by atoms with Crippen molar-refractivity contribution in [2.24, 2.45) is 0 Å². The van der Waals surface area contributed by atoms with E-state index in [4.69, 9.17) is 37.7 Å². The molecule has 0 spiro atoms. The third-order valence-corrected chi connectivity index (χ3v) is 7.41. The maximum Gasteiger partial charge on any atom is 0.261 e. The lowest BCUT2D eigenvalue weighted by molar-refractivity contribution is 0.0391. The molecule has 1 amide bonds. The summed E-state index contributed by atoms with van der Waals surface area (Å²) in [5.74, 6) is 0.400. The number of halogens is 4. The van der Waals surface area contributed by atoms with Crippen molar-refractivity contribution >= 4 is 84.1 Å². The molecular formula is C21H21BrCl3N3O3S. The fraction of sp³-hybridized carbons (Fsp3) is 0.333. The molecule has 0 saturated carbocycles. The van der Waals surface area contributed by atoms with E-state index in [0.29, 0.717) is 58.3 Å². The molecule has 1 aromatic heterocycles. The zero-order valence-electron chi connectivity index (χ0n) is 17.1. The van der Waals surface area contributed by atoms with Gasteiger partial charge < -0.3 is 9.47 Å². The Bertz CT molecular complexity index is 1110. The lowest BCUT2D eigenvalue weighted by atomic mass is 10.2. The molecule has 172 valence electrons. The molecule has 0 bridgehead atoms. The first-order valence-electron chi connectivity index (χ1n) is 9.68. The third kappa shape index (κ3) is 5.50. The number of thiazole rings is 1. The van der Waals surface area contributed by atoms with Crippen molar-refractivity contribution in [3.63, 3.8) is 0 Å². The van der Waals surface area contributed by atoms with Crippen LogP contribution in [0.15, 0.2) is 34.8 Å². The summed E-state index contributed by atoms with van der Waals surface area (Å²) in [6.07, 6.45) is 0. The molecule has 4 rings (SSSR count). The maximum absolute atomic E-state index is 13.6. The van der Waals surface area contributed by atoms with Crippen LogP contribution in [0, 0.1) is 0 Å². The van der Waals surface area contributed by atoms with Gasteiger partial charge in [-0.05, 0) is 30.3 Å².